The number of ketones is 1. The topological polar surface area (TPSA) is 34.1 Å². The number of Topliss-reactive ketones (excluding diaryl/α,β-unsaturated/α-hetero) is 1. The maximum absolute atomic E-state index is 13.4. The van der Waals surface area contributed by atoms with Gasteiger partial charge in [-0.05, 0) is 28.3 Å². The summed E-state index contributed by atoms with van der Waals surface area (Å²) in [6, 6.07) is 23.8. The van der Waals surface area contributed by atoms with Gasteiger partial charge in [0, 0.05) is 25.9 Å². The third-order valence-corrected chi connectivity index (χ3v) is 7.71. The number of carbonyl (C=O) groups excluding carboxylic acids is 1. The molecule has 4 aromatic carbocycles. The highest BCUT2D eigenvalue weighted by Gasteiger charge is 2.29. The van der Waals surface area contributed by atoms with Crippen LogP contribution in [0.2, 0.25) is 0 Å². The molecule has 0 radical (unpaired) electrons. The molecule has 0 fully saturated rings. The molecule has 2 nitrogen and oxygen atoms in total. The smallest absolute Gasteiger partial charge is 0.204 e. The molecule has 5 aromatic rings. The van der Waals surface area contributed by atoms with Crippen molar-refractivity contribution in [3.8, 4) is 0 Å². The second-order valence-corrected chi connectivity index (χ2v) is 8.94. The van der Waals surface area contributed by atoms with Crippen LogP contribution in [0.25, 0.3) is 36.5 Å². The Morgan fingerprint density at radius 2 is 1.43 bits per heavy atom. The summed E-state index contributed by atoms with van der Waals surface area (Å²) in [6.07, 6.45) is 0. The number of fused-ring (bicyclic) bond motifs is 3. The third kappa shape index (κ3) is 2.10. The van der Waals surface area contributed by atoms with Gasteiger partial charge in [0.25, 0.3) is 0 Å². The van der Waals surface area contributed by atoms with Crippen LogP contribution in [0.3, 0.4) is 0 Å². The predicted octanol–water partition coefficient (Wildman–Crippen LogP) is 5.38. The summed E-state index contributed by atoms with van der Waals surface area (Å²) in [6.45, 7) is 0. The summed E-state index contributed by atoms with van der Waals surface area (Å²) >= 11 is 2.84. The minimum atomic E-state index is -0.0535. The molecular formula is C24H12O2S2. The SMILES string of the molecule is O=C1/C(=c2/sc3cccc4cccc(c2=O)c43)Sc2ccc3ccccc3c21. The van der Waals surface area contributed by atoms with Crippen LogP contribution >= 0.6 is 23.1 Å². The summed E-state index contributed by atoms with van der Waals surface area (Å²) in [7, 11) is 0. The highest BCUT2D eigenvalue weighted by molar-refractivity contribution is 8.10. The Hall–Kier alpha value is -2.95. The van der Waals surface area contributed by atoms with Crippen molar-refractivity contribution in [2.24, 2.45) is 0 Å². The van der Waals surface area contributed by atoms with E-state index in [0.717, 1.165) is 36.7 Å². The zero-order valence-corrected chi connectivity index (χ0v) is 16.2. The zero-order valence-electron chi connectivity index (χ0n) is 14.6. The molecule has 0 saturated carbocycles. The van der Waals surface area contributed by atoms with Gasteiger partial charge in [0.15, 0.2) is 0 Å². The molecule has 0 aliphatic carbocycles. The molecule has 1 aliphatic rings. The van der Waals surface area contributed by atoms with Crippen molar-refractivity contribution in [2.45, 2.75) is 4.90 Å². The van der Waals surface area contributed by atoms with E-state index in [2.05, 4.69) is 0 Å². The first-order valence-electron chi connectivity index (χ1n) is 8.95. The van der Waals surface area contributed by atoms with Gasteiger partial charge in [-0.3, -0.25) is 9.59 Å². The van der Waals surface area contributed by atoms with E-state index in [1.807, 2.05) is 72.8 Å². The molecule has 0 bridgehead atoms. The molecule has 0 amide bonds. The number of rotatable bonds is 0. The lowest BCUT2D eigenvalue weighted by molar-refractivity contribution is 0.106. The van der Waals surface area contributed by atoms with Crippen LogP contribution in [-0.2, 0) is 0 Å². The maximum atomic E-state index is 13.4. The van der Waals surface area contributed by atoms with Crippen molar-refractivity contribution in [3.05, 3.63) is 93.1 Å². The van der Waals surface area contributed by atoms with Gasteiger partial charge in [-0.2, -0.15) is 0 Å². The van der Waals surface area contributed by atoms with Gasteiger partial charge in [-0.25, -0.2) is 0 Å². The van der Waals surface area contributed by atoms with Crippen LogP contribution in [0.5, 0.6) is 0 Å². The molecule has 4 heteroatoms. The largest absolute Gasteiger partial charge is 0.288 e. The van der Waals surface area contributed by atoms with E-state index < -0.39 is 0 Å². The Bertz CT molecular complexity index is 1570. The van der Waals surface area contributed by atoms with Crippen molar-refractivity contribution in [3.63, 3.8) is 0 Å². The van der Waals surface area contributed by atoms with E-state index >= 15 is 0 Å². The molecule has 0 unspecified atom stereocenters. The van der Waals surface area contributed by atoms with E-state index in [1.54, 1.807) is 0 Å². The summed E-state index contributed by atoms with van der Waals surface area (Å²) in [5.74, 6) is -0.0424. The summed E-state index contributed by atoms with van der Waals surface area (Å²) in [5, 5.41) is 4.72. The van der Waals surface area contributed by atoms with Gasteiger partial charge in [-0.15, -0.1) is 11.3 Å². The monoisotopic (exact) mass is 396 g/mol. The highest BCUT2D eigenvalue weighted by Crippen LogP contribution is 2.43. The van der Waals surface area contributed by atoms with Gasteiger partial charge in [0.1, 0.15) is 0 Å². The average Bonchev–Trinajstić information content (AvgIpc) is 3.07. The molecule has 0 atom stereocenters. The second-order valence-electron chi connectivity index (χ2n) is 6.84. The van der Waals surface area contributed by atoms with Crippen molar-refractivity contribution in [1.82, 2.24) is 0 Å². The summed E-state index contributed by atoms with van der Waals surface area (Å²) < 4.78 is 1.57. The van der Waals surface area contributed by atoms with E-state index in [1.165, 1.54) is 23.1 Å². The minimum absolute atomic E-state index is 0.0424. The van der Waals surface area contributed by atoms with Crippen molar-refractivity contribution in [2.75, 3.05) is 0 Å². The van der Waals surface area contributed by atoms with Crippen LogP contribution in [-0.4, -0.2) is 5.78 Å². The molecule has 0 saturated heterocycles. The Labute approximate surface area is 168 Å². The fraction of sp³-hybridized carbons (Fsp3) is 0. The number of benzene rings is 4. The van der Waals surface area contributed by atoms with Crippen molar-refractivity contribution >= 4 is 65.4 Å². The van der Waals surface area contributed by atoms with Crippen LogP contribution in [0.15, 0.2) is 82.5 Å². The van der Waals surface area contributed by atoms with Crippen molar-refractivity contribution in [1.29, 1.82) is 0 Å². The Morgan fingerprint density at radius 3 is 2.32 bits per heavy atom. The second kappa shape index (κ2) is 5.77. The molecule has 2 heterocycles. The van der Waals surface area contributed by atoms with Gasteiger partial charge >= 0.3 is 0 Å². The number of thioether (sulfide) groups is 1. The number of hydrogen-bond donors (Lipinski definition) is 0. The van der Waals surface area contributed by atoms with Gasteiger partial charge in [0.2, 0.25) is 11.2 Å². The molecular weight excluding hydrogens is 384 g/mol. The van der Waals surface area contributed by atoms with Crippen molar-refractivity contribution < 1.29 is 4.79 Å². The van der Waals surface area contributed by atoms with E-state index in [9.17, 15) is 9.59 Å². The quantitative estimate of drug-likeness (QED) is 0.352. The fourth-order valence-electron chi connectivity index (χ4n) is 4.00. The van der Waals surface area contributed by atoms with Crippen LogP contribution in [0.4, 0.5) is 0 Å². The molecule has 1 aliphatic heterocycles. The maximum Gasteiger partial charge on any atom is 0.204 e. The Balaban J connectivity index is 1.73. The zero-order chi connectivity index (χ0) is 18.8. The van der Waals surface area contributed by atoms with E-state index in [-0.39, 0.29) is 11.2 Å². The third-order valence-electron chi connectivity index (χ3n) is 5.27. The highest BCUT2D eigenvalue weighted by atomic mass is 32.2. The first-order chi connectivity index (χ1) is 13.7. The van der Waals surface area contributed by atoms with Crippen LogP contribution < -0.4 is 9.96 Å². The fourth-order valence-corrected chi connectivity index (χ4v) is 6.37. The molecule has 6 rings (SSSR count). The Kier molecular flexibility index (Phi) is 3.31. The first kappa shape index (κ1) is 16.0. The standard InChI is InChI=1S/C24H12O2S2/c25-21-16-9-3-6-14-7-4-10-17(19(14)16)27-23(21)24-22(26)20-15-8-2-1-5-13(15)11-12-18(20)28-24/h1-12H/b24-23-. The van der Waals surface area contributed by atoms with Crippen LogP contribution in [0, 0.1) is 0 Å². The molecule has 1 aromatic heterocycles. The lowest BCUT2D eigenvalue weighted by atomic mass is 10.0. The van der Waals surface area contributed by atoms with Gasteiger partial charge in [0.05, 0.1) is 9.44 Å². The Morgan fingerprint density at radius 1 is 0.679 bits per heavy atom. The van der Waals surface area contributed by atoms with Gasteiger partial charge in [-0.1, -0.05) is 72.4 Å². The summed E-state index contributed by atoms with van der Waals surface area (Å²) in [4.78, 5) is 28.1. The van der Waals surface area contributed by atoms with Gasteiger partial charge < -0.3 is 0 Å². The molecule has 28 heavy (non-hydrogen) atoms. The molecule has 132 valence electrons. The van der Waals surface area contributed by atoms with Crippen LogP contribution in [0.1, 0.15) is 10.4 Å². The van der Waals surface area contributed by atoms with E-state index in [0.29, 0.717) is 14.8 Å². The minimum Gasteiger partial charge on any atom is -0.288 e. The predicted molar refractivity (Wildman–Crippen MR) is 118 cm³/mol. The summed E-state index contributed by atoms with van der Waals surface area (Å²) in [5.41, 5.74) is 0.665. The first-order valence-corrected chi connectivity index (χ1v) is 10.6. The molecule has 0 spiro atoms. The lowest BCUT2D eigenvalue weighted by Crippen LogP contribution is -2.25. The average molecular weight is 396 g/mol. The lowest BCUT2D eigenvalue weighted by Gasteiger charge is -2.04. The van der Waals surface area contributed by atoms with E-state index in [4.69, 9.17) is 0 Å². The molecule has 0 N–H and O–H groups in total. The normalized spacial score (nSPS) is 15.6. The number of carbonyl (C=O) groups is 1. The number of hydrogen-bond acceptors (Lipinski definition) is 4.